The van der Waals surface area contributed by atoms with Gasteiger partial charge in [-0.25, -0.2) is 0 Å². The molecule has 1 saturated heterocycles. The molecule has 1 heterocycles. The number of piperidine rings is 1. The summed E-state index contributed by atoms with van der Waals surface area (Å²) in [5.74, 6) is 0.945. The van der Waals surface area contributed by atoms with Crippen LogP contribution >= 0.6 is 12.2 Å². The molecule has 104 valence electrons. The molecule has 0 amide bonds. The van der Waals surface area contributed by atoms with Crippen LogP contribution in [0.5, 0.6) is 0 Å². The molecule has 0 radical (unpaired) electrons. The van der Waals surface area contributed by atoms with Gasteiger partial charge in [0.1, 0.15) is 11.1 Å². The zero-order valence-electron chi connectivity index (χ0n) is 11.4. The van der Waals surface area contributed by atoms with Crippen molar-refractivity contribution in [2.75, 3.05) is 19.7 Å². The summed E-state index contributed by atoms with van der Waals surface area (Å²) in [5, 5.41) is 0. The molecule has 0 aromatic heterocycles. The van der Waals surface area contributed by atoms with Gasteiger partial charge in [-0.3, -0.25) is 4.90 Å². The first-order valence-electron chi connectivity index (χ1n) is 7.33. The highest BCUT2D eigenvalue weighted by atomic mass is 32.1. The Kier molecular flexibility index (Phi) is 5.39. The van der Waals surface area contributed by atoms with Crippen LogP contribution in [0.1, 0.15) is 45.4 Å². The molecule has 2 rings (SSSR count). The van der Waals surface area contributed by atoms with Crippen LogP contribution in [0.4, 0.5) is 0 Å². The van der Waals surface area contributed by atoms with Crippen LogP contribution < -0.4 is 5.73 Å². The number of hydrogen-bond acceptors (Lipinski definition) is 3. The quantitative estimate of drug-likeness (QED) is 0.778. The lowest BCUT2D eigenvalue weighted by atomic mass is 9.78. The summed E-state index contributed by atoms with van der Waals surface area (Å²) in [5.41, 5.74) is 5.55. The van der Waals surface area contributed by atoms with Crippen LogP contribution in [0.15, 0.2) is 0 Å². The topological polar surface area (TPSA) is 38.5 Å². The minimum absolute atomic E-state index is 0.0908. The van der Waals surface area contributed by atoms with E-state index in [1.54, 1.807) is 0 Å². The smallest absolute Gasteiger partial charge is 0.104 e. The van der Waals surface area contributed by atoms with Crippen molar-refractivity contribution in [2.45, 2.75) is 57.6 Å². The van der Waals surface area contributed by atoms with Crippen LogP contribution in [0.2, 0.25) is 0 Å². The van der Waals surface area contributed by atoms with Gasteiger partial charge in [-0.05, 0) is 45.1 Å². The number of thiocarbonyl (C=S) groups is 1. The second kappa shape index (κ2) is 6.83. The van der Waals surface area contributed by atoms with E-state index in [0.29, 0.717) is 4.99 Å². The SMILES string of the molecule is CC(OCCN1CCC[C@H]2CCCC[C@H]21)C(N)=S. The van der Waals surface area contributed by atoms with E-state index >= 15 is 0 Å². The molecule has 2 N–H and O–H groups in total. The molecule has 0 aromatic carbocycles. The van der Waals surface area contributed by atoms with E-state index in [9.17, 15) is 0 Å². The average molecular weight is 270 g/mol. The number of likely N-dealkylation sites (tertiary alicyclic amines) is 1. The predicted octanol–water partition coefficient (Wildman–Crippen LogP) is 2.33. The third kappa shape index (κ3) is 3.65. The number of nitrogens with zero attached hydrogens (tertiary/aromatic N) is 1. The highest BCUT2D eigenvalue weighted by Crippen LogP contribution is 2.34. The minimum atomic E-state index is -0.0908. The second-order valence-corrected chi connectivity index (χ2v) is 6.18. The van der Waals surface area contributed by atoms with Gasteiger partial charge in [0.2, 0.25) is 0 Å². The summed E-state index contributed by atoms with van der Waals surface area (Å²) in [6.07, 6.45) is 8.36. The fourth-order valence-electron chi connectivity index (χ4n) is 3.43. The number of ether oxygens (including phenoxy) is 1. The summed E-state index contributed by atoms with van der Waals surface area (Å²) in [6, 6.07) is 0.816. The van der Waals surface area contributed by atoms with Gasteiger partial charge in [0.15, 0.2) is 0 Å². The van der Waals surface area contributed by atoms with E-state index in [4.69, 9.17) is 22.7 Å². The third-order valence-corrected chi connectivity index (χ3v) is 4.84. The standard InChI is InChI=1S/C14H26N2OS/c1-11(14(15)18)17-10-9-16-8-4-6-12-5-2-3-7-13(12)16/h11-13H,2-10H2,1H3,(H2,15,18)/t11?,12-,13-/m1/s1. The van der Waals surface area contributed by atoms with Crippen LogP contribution in [-0.2, 0) is 4.74 Å². The molecular weight excluding hydrogens is 244 g/mol. The lowest BCUT2D eigenvalue weighted by Crippen LogP contribution is -2.48. The number of rotatable bonds is 5. The maximum Gasteiger partial charge on any atom is 0.104 e. The maximum absolute atomic E-state index is 5.68. The monoisotopic (exact) mass is 270 g/mol. The van der Waals surface area contributed by atoms with Gasteiger partial charge >= 0.3 is 0 Å². The first-order chi connectivity index (χ1) is 8.68. The molecule has 2 fully saturated rings. The predicted molar refractivity (Wildman–Crippen MR) is 78.8 cm³/mol. The molecule has 3 nitrogen and oxygen atoms in total. The first-order valence-corrected chi connectivity index (χ1v) is 7.74. The minimum Gasteiger partial charge on any atom is -0.391 e. The van der Waals surface area contributed by atoms with Crippen molar-refractivity contribution < 1.29 is 4.74 Å². The fourth-order valence-corrected chi connectivity index (χ4v) is 3.50. The zero-order valence-corrected chi connectivity index (χ0v) is 12.3. The third-order valence-electron chi connectivity index (χ3n) is 4.51. The van der Waals surface area contributed by atoms with Gasteiger partial charge in [0, 0.05) is 12.6 Å². The Morgan fingerprint density at radius 3 is 2.83 bits per heavy atom. The van der Waals surface area contributed by atoms with Crippen molar-refractivity contribution in [3.05, 3.63) is 0 Å². The summed E-state index contributed by atoms with van der Waals surface area (Å²) in [6.45, 7) is 4.96. The van der Waals surface area contributed by atoms with E-state index in [1.165, 1.54) is 45.1 Å². The number of hydrogen-bond donors (Lipinski definition) is 1. The van der Waals surface area contributed by atoms with Crippen LogP contribution in [-0.4, -0.2) is 41.7 Å². The van der Waals surface area contributed by atoms with Crippen molar-refractivity contribution in [1.82, 2.24) is 4.90 Å². The second-order valence-electron chi connectivity index (χ2n) is 5.71. The van der Waals surface area contributed by atoms with Gasteiger partial charge in [0.25, 0.3) is 0 Å². The van der Waals surface area contributed by atoms with Crippen LogP contribution in [0.25, 0.3) is 0 Å². The van der Waals surface area contributed by atoms with Gasteiger partial charge in [0.05, 0.1) is 6.61 Å². The molecule has 18 heavy (non-hydrogen) atoms. The molecule has 1 aliphatic carbocycles. The Balaban J connectivity index is 1.75. The number of fused-ring (bicyclic) bond motifs is 1. The maximum atomic E-state index is 5.68. The van der Waals surface area contributed by atoms with Crippen LogP contribution in [0, 0.1) is 5.92 Å². The van der Waals surface area contributed by atoms with E-state index in [2.05, 4.69) is 4.90 Å². The molecule has 0 aromatic rings. The van der Waals surface area contributed by atoms with E-state index in [-0.39, 0.29) is 6.10 Å². The molecular formula is C14H26N2OS. The fraction of sp³-hybridized carbons (Fsp3) is 0.929. The van der Waals surface area contributed by atoms with Crippen molar-refractivity contribution >= 4 is 17.2 Å². The number of nitrogens with two attached hydrogens (primary N) is 1. The Morgan fingerprint density at radius 2 is 2.06 bits per heavy atom. The van der Waals surface area contributed by atoms with Gasteiger partial charge in [-0.15, -0.1) is 0 Å². The summed E-state index contributed by atoms with van der Waals surface area (Å²) in [7, 11) is 0. The summed E-state index contributed by atoms with van der Waals surface area (Å²) >= 11 is 4.92. The Bertz CT molecular complexity index is 283. The lowest BCUT2D eigenvalue weighted by Gasteiger charge is -2.44. The van der Waals surface area contributed by atoms with Gasteiger partial charge < -0.3 is 10.5 Å². The normalized spacial score (nSPS) is 30.7. The van der Waals surface area contributed by atoms with Crippen molar-refractivity contribution in [2.24, 2.45) is 11.7 Å². The lowest BCUT2D eigenvalue weighted by molar-refractivity contribution is 0.0228. The van der Waals surface area contributed by atoms with Gasteiger partial charge in [-0.2, -0.15) is 0 Å². The molecule has 4 heteroatoms. The van der Waals surface area contributed by atoms with Crippen molar-refractivity contribution in [3.63, 3.8) is 0 Å². The molecule has 1 saturated carbocycles. The Morgan fingerprint density at radius 1 is 1.33 bits per heavy atom. The largest absolute Gasteiger partial charge is 0.391 e. The van der Waals surface area contributed by atoms with Crippen molar-refractivity contribution in [3.8, 4) is 0 Å². The van der Waals surface area contributed by atoms with E-state index < -0.39 is 0 Å². The first kappa shape index (κ1) is 14.2. The molecule has 1 aliphatic heterocycles. The van der Waals surface area contributed by atoms with Crippen molar-refractivity contribution in [1.29, 1.82) is 0 Å². The molecule has 0 bridgehead atoms. The molecule has 2 aliphatic rings. The summed E-state index contributed by atoms with van der Waals surface area (Å²) in [4.78, 5) is 3.10. The van der Waals surface area contributed by atoms with E-state index in [1.807, 2.05) is 6.92 Å². The van der Waals surface area contributed by atoms with Crippen LogP contribution in [0.3, 0.4) is 0 Å². The van der Waals surface area contributed by atoms with Gasteiger partial charge in [-0.1, -0.05) is 25.1 Å². The average Bonchev–Trinajstić information content (AvgIpc) is 2.38. The van der Waals surface area contributed by atoms with E-state index in [0.717, 1.165) is 25.1 Å². The summed E-state index contributed by atoms with van der Waals surface area (Å²) < 4.78 is 5.68. The highest BCUT2D eigenvalue weighted by Gasteiger charge is 2.32. The molecule has 0 spiro atoms. The highest BCUT2D eigenvalue weighted by molar-refractivity contribution is 7.80. The molecule has 1 unspecified atom stereocenters. The Hall–Kier alpha value is -0.190. The zero-order chi connectivity index (χ0) is 13.0. The Labute approximate surface area is 116 Å². The molecule has 3 atom stereocenters.